The Hall–Kier alpha value is -1.94. The molecule has 0 unspecified atom stereocenters. The molecule has 0 amide bonds. The number of benzene rings is 2. The van der Waals surface area contributed by atoms with Crippen molar-refractivity contribution < 1.29 is 13.5 Å². The predicted molar refractivity (Wildman–Crippen MR) is 69.8 cm³/mol. The molecule has 0 heterocycles. The molecule has 0 saturated carbocycles. The van der Waals surface area contributed by atoms with Gasteiger partial charge >= 0.3 is 0 Å². The fraction of sp³-hybridized carbons (Fsp3) is 0.200. The van der Waals surface area contributed by atoms with Gasteiger partial charge in [-0.3, -0.25) is 0 Å². The van der Waals surface area contributed by atoms with Gasteiger partial charge in [-0.15, -0.1) is 0 Å². The smallest absolute Gasteiger partial charge is 0.167 e. The first kappa shape index (κ1) is 13.5. The van der Waals surface area contributed by atoms with Gasteiger partial charge in [-0.25, -0.2) is 8.78 Å². The molecule has 2 nitrogen and oxygen atoms in total. The highest BCUT2D eigenvalue weighted by Crippen LogP contribution is 2.21. The van der Waals surface area contributed by atoms with Crippen molar-refractivity contribution in [2.75, 3.05) is 0 Å². The molecule has 19 heavy (non-hydrogen) atoms. The molecule has 0 spiro atoms. The van der Waals surface area contributed by atoms with Crippen molar-refractivity contribution in [1.29, 1.82) is 0 Å². The Kier molecular flexibility index (Phi) is 4.12. The summed E-state index contributed by atoms with van der Waals surface area (Å²) < 4.78 is 32.2. The second-order valence-electron chi connectivity index (χ2n) is 4.29. The Labute approximate surface area is 110 Å². The zero-order valence-corrected chi connectivity index (χ0v) is 10.6. The van der Waals surface area contributed by atoms with Crippen LogP contribution >= 0.6 is 0 Å². The molecule has 2 rings (SSSR count). The lowest BCUT2D eigenvalue weighted by molar-refractivity contribution is 0.288. The largest absolute Gasteiger partial charge is 0.486 e. The molecule has 0 atom stereocenters. The highest BCUT2D eigenvalue weighted by atomic mass is 19.1. The van der Waals surface area contributed by atoms with Crippen LogP contribution in [0.4, 0.5) is 8.78 Å². The minimum Gasteiger partial charge on any atom is -0.486 e. The molecule has 2 aromatic carbocycles. The van der Waals surface area contributed by atoms with Crippen LogP contribution in [0.15, 0.2) is 36.4 Å². The van der Waals surface area contributed by atoms with E-state index in [-0.39, 0.29) is 30.5 Å². The van der Waals surface area contributed by atoms with Gasteiger partial charge in [0.2, 0.25) is 0 Å². The SMILES string of the molecule is Cc1cccc(OCc2ccc(F)cc2CN)c1F. The molecule has 0 aliphatic carbocycles. The van der Waals surface area contributed by atoms with Crippen LogP contribution < -0.4 is 10.5 Å². The first-order valence-electron chi connectivity index (χ1n) is 5.97. The highest BCUT2D eigenvalue weighted by molar-refractivity contribution is 5.32. The van der Waals surface area contributed by atoms with Crippen molar-refractivity contribution in [3.05, 3.63) is 64.7 Å². The van der Waals surface area contributed by atoms with E-state index < -0.39 is 0 Å². The van der Waals surface area contributed by atoms with Crippen LogP contribution in [0.25, 0.3) is 0 Å². The summed E-state index contributed by atoms with van der Waals surface area (Å²) in [4.78, 5) is 0. The molecule has 4 heteroatoms. The number of ether oxygens (including phenoxy) is 1. The fourth-order valence-corrected chi connectivity index (χ4v) is 1.81. The van der Waals surface area contributed by atoms with E-state index >= 15 is 0 Å². The maximum atomic E-state index is 13.7. The second-order valence-corrected chi connectivity index (χ2v) is 4.29. The molecular formula is C15H15F2NO. The lowest BCUT2D eigenvalue weighted by atomic mass is 10.1. The third-order valence-corrected chi connectivity index (χ3v) is 2.93. The fourth-order valence-electron chi connectivity index (χ4n) is 1.81. The van der Waals surface area contributed by atoms with Gasteiger partial charge in [0.05, 0.1) is 0 Å². The standard InChI is InChI=1S/C15H15F2NO/c1-10-3-2-4-14(15(10)17)19-9-11-5-6-13(16)7-12(11)8-18/h2-7H,8-9,18H2,1H3. The summed E-state index contributed by atoms with van der Waals surface area (Å²) in [6, 6.07) is 9.27. The van der Waals surface area contributed by atoms with Crippen molar-refractivity contribution in [1.82, 2.24) is 0 Å². The molecular weight excluding hydrogens is 248 g/mol. The second kappa shape index (κ2) is 5.80. The van der Waals surface area contributed by atoms with Crippen molar-refractivity contribution >= 4 is 0 Å². The molecule has 0 radical (unpaired) electrons. The summed E-state index contributed by atoms with van der Waals surface area (Å²) in [5.41, 5.74) is 7.48. The van der Waals surface area contributed by atoms with E-state index in [1.54, 1.807) is 31.2 Å². The van der Waals surface area contributed by atoms with E-state index in [2.05, 4.69) is 0 Å². The number of aryl methyl sites for hydroxylation is 1. The van der Waals surface area contributed by atoms with E-state index in [9.17, 15) is 8.78 Å². The third kappa shape index (κ3) is 3.09. The van der Waals surface area contributed by atoms with Crippen LogP contribution in [0, 0.1) is 18.6 Å². The lowest BCUT2D eigenvalue weighted by Gasteiger charge is -2.11. The average molecular weight is 263 g/mol. The lowest BCUT2D eigenvalue weighted by Crippen LogP contribution is -2.06. The van der Waals surface area contributed by atoms with Crippen LogP contribution in [0.1, 0.15) is 16.7 Å². The summed E-state index contributed by atoms with van der Waals surface area (Å²) in [5, 5.41) is 0. The van der Waals surface area contributed by atoms with Crippen molar-refractivity contribution in [3.8, 4) is 5.75 Å². The molecule has 100 valence electrons. The van der Waals surface area contributed by atoms with E-state index in [0.717, 1.165) is 5.56 Å². The molecule has 0 bridgehead atoms. The molecule has 2 aromatic rings. The van der Waals surface area contributed by atoms with Gasteiger partial charge in [-0.2, -0.15) is 0 Å². The van der Waals surface area contributed by atoms with Crippen molar-refractivity contribution in [2.45, 2.75) is 20.1 Å². The van der Waals surface area contributed by atoms with Gasteiger partial charge in [0.1, 0.15) is 12.4 Å². The van der Waals surface area contributed by atoms with E-state index in [1.165, 1.54) is 12.1 Å². The average Bonchev–Trinajstić information content (AvgIpc) is 2.41. The normalized spacial score (nSPS) is 10.5. The Balaban J connectivity index is 2.17. The minimum atomic E-state index is -0.376. The number of hydrogen-bond donors (Lipinski definition) is 1. The zero-order chi connectivity index (χ0) is 13.8. The number of hydrogen-bond acceptors (Lipinski definition) is 2. The summed E-state index contributed by atoms with van der Waals surface area (Å²) in [6.45, 7) is 2.05. The van der Waals surface area contributed by atoms with Crippen molar-refractivity contribution in [3.63, 3.8) is 0 Å². The monoisotopic (exact) mass is 263 g/mol. The molecule has 2 N–H and O–H groups in total. The zero-order valence-electron chi connectivity index (χ0n) is 10.6. The number of rotatable bonds is 4. The first-order valence-corrected chi connectivity index (χ1v) is 5.97. The molecule has 0 fully saturated rings. The first-order chi connectivity index (χ1) is 9.11. The number of halogens is 2. The molecule has 0 aromatic heterocycles. The molecule has 0 aliphatic rings. The summed E-state index contributed by atoms with van der Waals surface area (Å²) in [5.74, 6) is -0.530. The van der Waals surface area contributed by atoms with Crippen LogP contribution in [0.5, 0.6) is 5.75 Å². The third-order valence-electron chi connectivity index (χ3n) is 2.93. The quantitative estimate of drug-likeness (QED) is 0.918. The Morgan fingerprint density at radius 2 is 1.89 bits per heavy atom. The Morgan fingerprint density at radius 3 is 2.63 bits per heavy atom. The topological polar surface area (TPSA) is 35.2 Å². The summed E-state index contributed by atoms with van der Waals surface area (Å²) in [6.07, 6.45) is 0. The minimum absolute atomic E-state index is 0.160. The van der Waals surface area contributed by atoms with E-state index in [0.29, 0.717) is 11.1 Å². The van der Waals surface area contributed by atoms with Crippen LogP contribution in [-0.4, -0.2) is 0 Å². The molecule has 0 aliphatic heterocycles. The van der Waals surface area contributed by atoms with Gasteiger partial charge < -0.3 is 10.5 Å². The van der Waals surface area contributed by atoms with Crippen LogP contribution in [0.2, 0.25) is 0 Å². The van der Waals surface area contributed by atoms with Gasteiger partial charge in [0.15, 0.2) is 11.6 Å². The van der Waals surface area contributed by atoms with E-state index in [4.69, 9.17) is 10.5 Å². The summed E-state index contributed by atoms with van der Waals surface area (Å²) in [7, 11) is 0. The Bertz CT molecular complexity index is 584. The highest BCUT2D eigenvalue weighted by Gasteiger charge is 2.08. The predicted octanol–water partition coefficient (Wildman–Crippen LogP) is 3.31. The van der Waals surface area contributed by atoms with E-state index in [1.807, 2.05) is 0 Å². The maximum absolute atomic E-state index is 13.7. The van der Waals surface area contributed by atoms with Gasteiger partial charge in [-0.05, 0) is 41.8 Å². The van der Waals surface area contributed by atoms with Gasteiger partial charge in [0.25, 0.3) is 0 Å². The maximum Gasteiger partial charge on any atom is 0.167 e. The van der Waals surface area contributed by atoms with Gasteiger partial charge in [0, 0.05) is 6.54 Å². The Morgan fingerprint density at radius 1 is 1.11 bits per heavy atom. The van der Waals surface area contributed by atoms with Crippen molar-refractivity contribution in [2.24, 2.45) is 5.73 Å². The summed E-state index contributed by atoms with van der Waals surface area (Å²) >= 11 is 0. The van der Waals surface area contributed by atoms with Crippen LogP contribution in [0.3, 0.4) is 0 Å². The van der Waals surface area contributed by atoms with Gasteiger partial charge in [-0.1, -0.05) is 18.2 Å². The molecule has 0 saturated heterocycles. The van der Waals surface area contributed by atoms with Crippen LogP contribution in [-0.2, 0) is 13.2 Å². The number of nitrogens with two attached hydrogens (primary N) is 1.